The van der Waals surface area contributed by atoms with E-state index >= 15 is 0 Å². The lowest BCUT2D eigenvalue weighted by Crippen LogP contribution is -2.49. The SMILES string of the molecule is CC#CC1CC2(CCN(C(=O)OC(C)(C)C)CC2)C1. The Morgan fingerprint density at radius 2 is 1.84 bits per heavy atom. The van der Waals surface area contributed by atoms with Gasteiger partial charge in [0, 0.05) is 19.0 Å². The van der Waals surface area contributed by atoms with Crippen molar-refractivity contribution in [3.05, 3.63) is 0 Å². The summed E-state index contributed by atoms with van der Waals surface area (Å²) in [7, 11) is 0. The molecule has 0 atom stereocenters. The normalized spacial score (nSPS) is 22.4. The lowest BCUT2D eigenvalue weighted by molar-refractivity contribution is -0.0157. The average Bonchev–Trinajstić information content (AvgIpc) is 2.26. The van der Waals surface area contributed by atoms with Gasteiger partial charge in [-0.25, -0.2) is 4.79 Å². The van der Waals surface area contributed by atoms with Gasteiger partial charge in [-0.2, -0.15) is 0 Å². The van der Waals surface area contributed by atoms with Crippen molar-refractivity contribution in [3.63, 3.8) is 0 Å². The van der Waals surface area contributed by atoms with Crippen molar-refractivity contribution in [1.82, 2.24) is 4.90 Å². The molecule has 1 spiro atoms. The Bertz CT molecular complexity index is 395. The van der Waals surface area contributed by atoms with E-state index in [9.17, 15) is 4.79 Å². The van der Waals surface area contributed by atoms with Gasteiger partial charge in [0.05, 0.1) is 0 Å². The number of carbonyl (C=O) groups excluding carboxylic acids is 1. The topological polar surface area (TPSA) is 29.5 Å². The summed E-state index contributed by atoms with van der Waals surface area (Å²) in [5, 5.41) is 0. The number of ether oxygens (including phenoxy) is 1. The maximum Gasteiger partial charge on any atom is 0.410 e. The predicted molar refractivity (Wildman–Crippen MR) is 75.6 cm³/mol. The molecular formula is C16H25NO2. The number of nitrogens with zero attached hydrogens (tertiary/aromatic N) is 1. The van der Waals surface area contributed by atoms with E-state index in [0.717, 1.165) is 25.9 Å². The molecule has 0 radical (unpaired) electrons. The largest absolute Gasteiger partial charge is 0.444 e. The Labute approximate surface area is 116 Å². The highest BCUT2D eigenvalue weighted by Crippen LogP contribution is 2.52. The zero-order valence-electron chi connectivity index (χ0n) is 12.6. The lowest BCUT2D eigenvalue weighted by Gasteiger charge is -2.50. The summed E-state index contributed by atoms with van der Waals surface area (Å²) in [5.74, 6) is 6.87. The molecule has 1 amide bonds. The third-order valence-corrected chi connectivity index (χ3v) is 4.18. The predicted octanol–water partition coefficient (Wildman–Crippen LogP) is 3.44. The second-order valence-electron chi connectivity index (χ2n) is 6.97. The van der Waals surface area contributed by atoms with E-state index in [0.29, 0.717) is 11.3 Å². The van der Waals surface area contributed by atoms with Crippen molar-refractivity contribution >= 4 is 6.09 Å². The second kappa shape index (κ2) is 5.07. The fraction of sp³-hybridized carbons (Fsp3) is 0.812. The van der Waals surface area contributed by atoms with Crippen molar-refractivity contribution in [2.24, 2.45) is 11.3 Å². The number of piperidine rings is 1. The molecule has 2 aliphatic rings. The van der Waals surface area contributed by atoms with Gasteiger partial charge in [-0.15, -0.1) is 11.8 Å². The standard InChI is InChI=1S/C16H25NO2/c1-5-6-13-11-16(12-13)7-9-17(10-8-16)14(18)19-15(2,3)4/h13H,7-12H2,1-4H3. The van der Waals surface area contributed by atoms with Crippen LogP contribution in [0.2, 0.25) is 0 Å². The number of amides is 1. The maximum atomic E-state index is 12.0. The van der Waals surface area contributed by atoms with Crippen LogP contribution in [0.3, 0.4) is 0 Å². The van der Waals surface area contributed by atoms with Crippen LogP contribution in [0.1, 0.15) is 53.4 Å². The van der Waals surface area contributed by atoms with Gasteiger partial charge < -0.3 is 9.64 Å². The van der Waals surface area contributed by atoms with E-state index in [1.807, 2.05) is 32.6 Å². The summed E-state index contributed by atoms with van der Waals surface area (Å²) in [6.07, 6.45) is 4.49. The van der Waals surface area contributed by atoms with Gasteiger partial charge in [0.2, 0.25) is 0 Å². The Morgan fingerprint density at radius 3 is 2.32 bits per heavy atom. The molecule has 0 aromatic heterocycles. The Balaban J connectivity index is 1.80. The van der Waals surface area contributed by atoms with Crippen molar-refractivity contribution in [1.29, 1.82) is 0 Å². The van der Waals surface area contributed by atoms with Crippen LogP contribution in [0.5, 0.6) is 0 Å². The molecule has 2 fully saturated rings. The smallest absolute Gasteiger partial charge is 0.410 e. The van der Waals surface area contributed by atoms with Crippen LogP contribution >= 0.6 is 0 Å². The summed E-state index contributed by atoms with van der Waals surface area (Å²) in [5.41, 5.74) is 0.0670. The Morgan fingerprint density at radius 1 is 1.26 bits per heavy atom. The molecule has 1 saturated carbocycles. The van der Waals surface area contributed by atoms with Crippen LogP contribution in [0.4, 0.5) is 4.79 Å². The van der Waals surface area contributed by atoms with Crippen molar-refractivity contribution in [3.8, 4) is 11.8 Å². The van der Waals surface area contributed by atoms with E-state index in [-0.39, 0.29) is 6.09 Å². The van der Waals surface area contributed by atoms with Gasteiger partial charge in [-0.05, 0) is 58.8 Å². The number of rotatable bonds is 0. The van der Waals surface area contributed by atoms with E-state index in [1.165, 1.54) is 12.8 Å². The number of likely N-dealkylation sites (tertiary alicyclic amines) is 1. The fourth-order valence-corrected chi connectivity index (χ4v) is 3.19. The number of hydrogen-bond donors (Lipinski definition) is 0. The fourth-order valence-electron chi connectivity index (χ4n) is 3.19. The zero-order chi connectivity index (χ0) is 14.1. The van der Waals surface area contributed by atoms with Crippen molar-refractivity contribution < 1.29 is 9.53 Å². The molecule has 1 aliphatic carbocycles. The average molecular weight is 263 g/mol. The molecule has 1 aliphatic heterocycles. The van der Waals surface area contributed by atoms with Gasteiger partial charge in [0.15, 0.2) is 0 Å². The monoisotopic (exact) mass is 263 g/mol. The Kier molecular flexibility index (Phi) is 3.80. The lowest BCUT2D eigenvalue weighted by atomic mass is 9.58. The first-order chi connectivity index (χ1) is 8.84. The molecule has 2 rings (SSSR count). The minimum atomic E-state index is -0.398. The molecular weight excluding hydrogens is 238 g/mol. The molecule has 3 nitrogen and oxygen atoms in total. The van der Waals surface area contributed by atoms with E-state index in [2.05, 4.69) is 11.8 Å². The highest BCUT2D eigenvalue weighted by molar-refractivity contribution is 5.68. The molecule has 3 heteroatoms. The van der Waals surface area contributed by atoms with Crippen LogP contribution in [-0.2, 0) is 4.74 Å². The van der Waals surface area contributed by atoms with Gasteiger partial charge in [0.25, 0.3) is 0 Å². The third kappa shape index (κ3) is 3.43. The first kappa shape index (κ1) is 14.2. The minimum absolute atomic E-state index is 0.161. The molecule has 19 heavy (non-hydrogen) atoms. The molecule has 0 aromatic carbocycles. The second-order valence-corrected chi connectivity index (χ2v) is 6.97. The third-order valence-electron chi connectivity index (χ3n) is 4.18. The van der Waals surface area contributed by atoms with Crippen LogP contribution in [0, 0.1) is 23.2 Å². The highest BCUT2D eigenvalue weighted by Gasteiger charge is 2.46. The maximum absolute atomic E-state index is 12.0. The minimum Gasteiger partial charge on any atom is -0.444 e. The van der Waals surface area contributed by atoms with Gasteiger partial charge in [-0.3, -0.25) is 0 Å². The Hall–Kier alpha value is -1.17. The first-order valence-corrected chi connectivity index (χ1v) is 7.24. The van der Waals surface area contributed by atoms with Crippen LogP contribution in [0.25, 0.3) is 0 Å². The van der Waals surface area contributed by atoms with E-state index in [4.69, 9.17) is 4.74 Å². The van der Waals surface area contributed by atoms with Gasteiger partial charge in [-0.1, -0.05) is 0 Å². The highest BCUT2D eigenvalue weighted by atomic mass is 16.6. The zero-order valence-corrected chi connectivity index (χ0v) is 12.6. The summed E-state index contributed by atoms with van der Waals surface area (Å²) in [6.45, 7) is 9.32. The molecule has 0 bridgehead atoms. The molecule has 0 aromatic rings. The molecule has 0 unspecified atom stereocenters. The first-order valence-electron chi connectivity index (χ1n) is 7.24. The summed E-state index contributed by atoms with van der Waals surface area (Å²) in [6, 6.07) is 0. The molecule has 0 N–H and O–H groups in total. The van der Waals surface area contributed by atoms with Crippen molar-refractivity contribution in [2.45, 2.75) is 59.0 Å². The van der Waals surface area contributed by atoms with Crippen LogP contribution < -0.4 is 0 Å². The molecule has 1 heterocycles. The number of carbonyl (C=O) groups is 1. The number of hydrogen-bond acceptors (Lipinski definition) is 2. The van der Waals surface area contributed by atoms with E-state index < -0.39 is 5.60 Å². The van der Waals surface area contributed by atoms with Crippen LogP contribution in [-0.4, -0.2) is 29.7 Å². The summed E-state index contributed by atoms with van der Waals surface area (Å²) in [4.78, 5) is 13.8. The quantitative estimate of drug-likeness (QED) is 0.627. The van der Waals surface area contributed by atoms with Gasteiger partial charge in [0.1, 0.15) is 5.60 Å². The van der Waals surface area contributed by atoms with Crippen molar-refractivity contribution in [2.75, 3.05) is 13.1 Å². The van der Waals surface area contributed by atoms with Gasteiger partial charge >= 0.3 is 6.09 Å². The summed E-state index contributed by atoms with van der Waals surface area (Å²) >= 11 is 0. The molecule has 106 valence electrons. The molecule has 1 saturated heterocycles. The van der Waals surface area contributed by atoms with E-state index in [1.54, 1.807) is 0 Å². The van der Waals surface area contributed by atoms with Crippen LogP contribution in [0.15, 0.2) is 0 Å². The summed E-state index contributed by atoms with van der Waals surface area (Å²) < 4.78 is 5.42.